The molecule has 0 saturated carbocycles. The first-order valence-corrected chi connectivity index (χ1v) is 20.3. The molecule has 0 bridgehead atoms. The zero-order valence-electron chi connectivity index (χ0n) is 30.1. The van der Waals surface area contributed by atoms with Crippen molar-refractivity contribution >= 4 is 63.0 Å². The van der Waals surface area contributed by atoms with Crippen LogP contribution in [0.3, 0.4) is 0 Å². The van der Waals surface area contributed by atoms with E-state index in [1.165, 1.54) is 40.3 Å². The van der Waals surface area contributed by atoms with E-state index in [4.69, 9.17) is 15.0 Å². The van der Waals surface area contributed by atoms with Gasteiger partial charge < -0.3 is 0 Å². The fourth-order valence-corrected chi connectivity index (χ4v) is 9.96. The summed E-state index contributed by atoms with van der Waals surface area (Å²) in [7, 11) is 0. The molecule has 5 heteroatoms. The van der Waals surface area contributed by atoms with E-state index >= 15 is 0 Å². The molecule has 262 valence electrons. The minimum Gasteiger partial charge on any atom is -0.208 e. The Hall–Kier alpha value is -6.79. The lowest BCUT2D eigenvalue weighted by atomic mass is 9.94. The molecule has 0 spiro atoms. The molecule has 0 N–H and O–H groups in total. The van der Waals surface area contributed by atoms with Gasteiger partial charge in [0.05, 0.1) is 0 Å². The molecule has 11 rings (SSSR count). The summed E-state index contributed by atoms with van der Waals surface area (Å²) >= 11 is 3.68. The third-order valence-corrected chi connectivity index (χ3v) is 12.8. The van der Waals surface area contributed by atoms with Gasteiger partial charge in [0, 0.05) is 57.0 Å². The summed E-state index contributed by atoms with van der Waals surface area (Å²) in [5, 5.41) is 5.11. The molecule has 11 aromatic rings. The number of hydrogen-bond acceptors (Lipinski definition) is 5. The lowest BCUT2D eigenvalue weighted by Crippen LogP contribution is -2.01. The van der Waals surface area contributed by atoms with Gasteiger partial charge in [-0.05, 0) is 88.0 Å². The summed E-state index contributed by atoms with van der Waals surface area (Å²) in [6.07, 6.45) is 0. The minimum atomic E-state index is 0.629. The van der Waals surface area contributed by atoms with Crippen molar-refractivity contribution in [2.75, 3.05) is 0 Å². The van der Waals surface area contributed by atoms with Crippen molar-refractivity contribution in [3.63, 3.8) is 0 Å². The molecule has 0 radical (unpaired) electrons. The largest absolute Gasteiger partial charge is 0.208 e. The Bertz CT molecular complexity index is 3120. The topological polar surface area (TPSA) is 38.7 Å². The fourth-order valence-electron chi connectivity index (χ4n) is 7.79. The second-order valence-electron chi connectivity index (χ2n) is 14.0. The van der Waals surface area contributed by atoms with Crippen LogP contribution in [0.5, 0.6) is 0 Å². The number of nitrogens with zero attached hydrogens (tertiary/aromatic N) is 3. The predicted molar refractivity (Wildman–Crippen MR) is 238 cm³/mol. The smallest absolute Gasteiger partial charge is 0.164 e. The van der Waals surface area contributed by atoms with Crippen LogP contribution in [0.2, 0.25) is 0 Å². The summed E-state index contributed by atoms with van der Waals surface area (Å²) in [5.41, 5.74) is 9.54. The van der Waals surface area contributed by atoms with E-state index in [1.807, 2.05) is 46.9 Å². The van der Waals surface area contributed by atoms with E-state index in [0.717, 1.165) is 50.1 Å². The predicted octanol–water partition coefficient (Wildman–Crippen LogP) is 14.6. The molecule has 56 heavy (non-hydrogen) atoms. The first-order chi connectivity index (χ1) is 27.7. The summed E-state index contributed by atoms with van der Waals surface area (Å²) in [6, 6.07) is 66.9. The van der Waals surface area contributed by atoms with Crippen molar-refractivity contribution in [2.45, 2.75) is 0 Å². The Morgan fingerprint density at radius 1 is 0.250 bits per heavy atom. The van der Waals surface area contributed by atoms with E-state index in [-0.39, 0.29) is 0 Å². The van der Waals surface area contributed by atoms with Crippen LogP contribution in [0.25, 0.3) is 108 Å². The summed E-state index contributed by atoms with van der Waals surface area (Å²) < 4.78 is 5.17. The zero-order valence-corrected chi connectivity index (χ0v) is 31.7. The van der Waals surface area contributed by atoms with Gasteiger partial charge in [0.25, 0.3) is 0 Å². The van der Waals surface area contributed by atoms with E-state index in [9.17, 15) is 0 Å². The molecule has 0 atom stereocenters. The lowest BCUT2D eigenvalue weighted by Gasteiger charge is -2.14. The maximum Gasteiger partial charge on any atom is 0.164 e. The third kappa shape index (κ3) is 5.77. The molecule has 0 saturated heterocycles. The van der Waals surface area contributed by atoms with Gasteiger partial charge in [-0.15, -0.1) is 22.7 Å². The van der Waals surface area contributed by atoms with Gasteiger partial charge >= 0.3 is 0 Å². The average Bonchev–Trinajstić information content (AvgIpc) is 3.84. The summed E-state index contributed by atoms with van der Waals surface area (Å²) in [4.78, 5) is 15.7. The van der Waals surface area contributed by atoms with Gasteiger partial charge in [-0.3, -0.25) is 0 Å². The average molecular weight is 750 g/mol. The van der Waals surface area contributed by atoms with Crippen molar-refractivity contribution in [3.05, 3.63) is 188 Å². The molecule has 0 unspecified atom stereocenters. The molecule has 0 aliphatic heterocycles. The Morgan fingerprint density at radius 3 is 1.27 bits per heavy atom. The highest BCUT2D eigenvalue weighted by Crippen LogP contribution is 2.41. The molecule has 0 aliphatic rings. The van der Waals surface area contributed by atoms with E-state index in [0.29, 0.717) is 17.5 Å². The molecule has 0 aliphatic carbocycles. The number of rotatable bonds is 6. The highest BCUT2D eigenvalue weighted by Gasteiger charge is 2.18. The number of fused-ring (bicyclic) bond motifs is 6. The minimum absolute atomic E-state index is 0.629. The lowest BCUT2D eigenvalue weighted by molar-refractivity contribution is 1.07. The van der Waals surface area contributed by atoms with Crippen molar-refractivity contribution in [3.8, 4) is 67.5 Å². The molecular formula is C51H31N3S2. The van der Waals surface area contributed by atoms with Crippen molar-refractivity contribution in [1.82, 2.24) is 15.0 Å². The second-order valence-corrected chi connectivity index (χ2v) is 16.2. The molecule has 0 amide bonds. The zero-order chi connectivity index (χ0) is 37.0. The number of hydrogen-bond donors (Lipinski definition) is 0. The molecule has 8 aromatic carbocycles. The monoisotopic (exact) mass is 749 g/mol. The van der Waals surface area contributed by atoms with Gasteiger partial charge in [-0.1, -0.05) is 133 Å². The van der Waals surface area contributed by atoms with Gasteiger partial charge in [-0.25, -0.2) is 15.0 Å². The van der Waals surface area contributed by atoms with Crippen LogP contribution < -0.4 is 0 Å². The first kappa shape index (κ1) is 32.6. The molecule has 3 nitrogen and oxygen atoms in total. The fraction of sp³-hybridized carbons (Fsp3) is 0. The number of benzene rings is 8. The Kier molecular flexibility index (Phi) is 7.87. The third-order valence-electron chi connectivity index (χ3n) is 10.5. The molecule has 0 fully saturated rings. The Balaban J connectivity index is 1.15. The summed E-state index contributed by atoms with van der Waals surface area (Å²) in [5.74, 6) is 1.90. The van der Waals surface area contributed by atoms with Crippen LogP contribution in [0, 0.1) is 0 Å². The normalized spacial score (nSPS) is 11.6. The highest BCUT2D eigenvalue weighted by molar-refractivity contribution is 7.26. The van der Waals surface area contributed by atoms with Gasteiger partial charge in [0.2, 0.25) is 0 Å². The molecule has 3 aromatic heterocycles. The van der Waals surface area contributed by atoms with Gasteiger partial charge in [0.1, 0.15) is 0 Å². The van der Waals surface area contributed by atoms with Gasteiger partial charge in [-0.2, -0.15) is 0 Å². The van der Waals surface area contributed by atoms with Crippen LogP contribution in [0.1, 0.15) is 0 Å². The number of thiophene rings is 2. The van der Waals surface area contributed by atoms with Crippen molar-refractivity contribution < 1.29 is 0 Å². The van der Waals surface area contributed by atoms with Crippen molar-refractivity contribution in [2.24, 2.45) is 0 Å². The van der Waals surface area contributed by atoms with Crippen LogP contribution in [0.15, 0.2) is 188 Å². The second kappa shape index (κ2) is 13.5. The van der Waals surface area contributed by atoms with E-state index < -0.39 is 0 Å². The SMILES string of the molecule is c1ccc(-c2nc(-c3cc(-c4ccc5sc6ccccc6c5c4)cc(-c4ccc5sc6ccccc6c5c4)c3)nc(-c3ccccc3-c3ccccc3)n2)cc1. The highest BCUT2D eigenvalue weighted by atomic mass is 32.1. The standard InChI is InChI=1S/C51H31N3S2/c1-3-13-32(14-4-1)39-17-7-8-20-42(39)51-53-49(33-15-5-2-6-16-33)52-50(54-51)38-28-36(34-23-25-47-43(30-34)40-18-9-11-21-45(40)55-47)27-37(29-38)35-24-26-48-44(31-35)41-19-10-12-22-46(41)56-48/h1-31H. The Morgan fingerprint density at radius 2 is 0.679 bits per heavy atom. The van der Waals surface area contributed by atoms with Crippen molar-refractivity contribution in [1.29, 1.82) is 0 Å². The summed E-state index contributed by atoms with van der Waals surface area (Å²) in [6.45, 7) is 0. The maximum atomic E-state index is 5.30. The molecule has 3 heterocycles. The Labute approximate surface area is 331 Å². The van der Waals surface area contributed by atoms with Crippen LogP contribution in [-0.2, 0) is 0 Å². The van der Waals surface area contributed by atoms with E-state index in [1.54, 1.807) is 0 Å². The molecular weight excluding hydrogens is 719 g/mol. The van der Waals surface area contributed by atoms with Crippen LogP contribution in [-0.4, -0.2) is 15.0 Å². The maximum absolute atomic E-state index is 5.30. The first-order valence-electron chi connectivity index (χ1n) is 18.7. The van der Waals surface area contributed by atoms with Crippen LogP contribution in [0.4, 0.5) is 0 Å². The number of aromatic nitrogens is 3. The quantitative estimate of drug-likeness (QED) is 0.170. The van der Waals surface area contributed by atoms with E-state index in [2.05, 4.69) is 164 Å². The van der Waals surface area contributed by atoms with Gasteiger partial charge in [0.15, 0.2) is 17.5 Å². The van der Waals surface area contributed by atoms with Crippen LogP contribution >= 0.6 is 22.7 Å².